The van der Waals surface area contributed by atoms with Gasteiger partial charge in [-0.15, -0.1) is 5.10 Å². The maximum absolute atomic E-state index is 12.5. The van der Waals surface area contributed by atoms with Crippen LogP contribution in [0.1, 0.15) is 36.3 Å². The summed E-state index contributed by atoms with van der Waals surface area (Å²) in [5.74, 6) is 1.62. The molecule has 3 rings (SSSR count). The molecule has 5 heteroatoms. The molecule has 1 N–H and O–H groups in total. The van der Waals surface area contributed by atoms with Crippen LogP contribution in [-0.4, -0.2) is 29.7 Å². The molecule has 1 aromatic carbocycles. The summed E-state index contributed by atoms with van der Waals surface area (Å²) >= 11 is 0. The second kappa shape index (κ2) is 5.16. The SMILES string of the molecule is CNc1nn(-c2ccc(OC)cc2)c2c1C(=O)CC(C)(C)C2. The van der Waals surface area contributed by atoms with Gasteiger partial charge < -0.3 is 10.1 Å². The fourth-order valence-electron chi connectivity index (χ4n) is 3.06. The van der Waals surface area contributed by atoms with Crippen molar-refractivity contribution in [3.05, 3.63) is 35.5 Å². The fourth-order valence-corrected chi connectivity index (χ4v) is 3.06. The molecule has 0 spiro atoms. The summed E-state index contributed by atoms with van der Waals surface area (Å²) in [6.45, 7) is 4.25. The number of fused-ring (bicyclic) bond motifs is 1. The van der Waals surface area contributed by atoms with Crippen LogP contribution in [0.2, 0.25) is 0 Å². The van der Waals surface area contributed by atoms with Crippen LogP contribution in [0.5, 0.6) is 5.75 Å². The number of methoxy groups -OCH3 is 1. The number of nitrogens with one attached hydrogen (secondary N) is 1. The standard InChI is InChI=1S/C17H21N3O2/c1-17(2)9-13-15(14(21)10-17)16(18-3)19-20(13)11-5-7-12(22-4)8-6-11/h5-8H,9-10H2,1-4H3,(H,18,19). The van der Waals surface area contributed by atoms with Gasteiger partial charge in [0.1, 0.15) is 5.75 Å². The van der Waals surface area contributed by atoms with Gasteiger partial charge in [-0.3, -0.25) is 4.79 Å². The molecule has 0 saturated carbocycles. The third-order valence-corrected chi connectivity index (χ3v) is 4.10. The molecule has 22 heavy (non-hydrogen) atoms. The van der Waals surface area contributed by atoms with Gasteiger partial charge in [0.2, 0.25) is 0 Å². The van der Waals surface area contributed by atoms with Crippen LogP contribution in [0.25, 0.3) is 5.69 Å². The van der Waals surface area contributed by atoms with E-state index in [1.165, 1.54) is 0 Å². The largest absolute Gasteiger partial charge is 0.497 e. The van der Waals surface area contributed by atoms with Gasteiger partial charge in [-0.05, 0) is 36.1 Å². The zero-order valence-electron chi connectivity index (χ0n) is 13.4. The van der Waals surface area contributed by atoms with Crippen LogP contribution in [-0.2, 0) is 6.42 Å². The quantitative estimate of drug-likeness (QED) is 0.946. The molecule has 0 atom stereocenters. The first-order valence-electron chi connectivity index (χ1n) is 7.42. The minimum atomic E-state index is -0.0423. The monoisotopic (exact) mass is 299 g/mol. The summed E-state index contributed by atoms with van der Waals surface area (Å²) in [6.07, 6.45) is 1.39. The molecular formula is C17H21N3O2. The zero-order valence-corrected chi connectivity index (χ0v) is 13.4. The first-order valence-corrected chi connectivity index (χ1v) is 7.42. The van der Waals surface area contributed by atoms with Crippen molar-refractivity contribution in [2.24, 2.45) is 5.41 Å². The predicted molar refractivity (Wildman–Crippen MR) is 86.1 cm³/mol. The smallest absolute Gasteiger partial charge is 0.169 e. The van der Waals surface area contributed by atoms with Crippen LogP contribution in [0.3, 0.4) is 0 Å². The third-order valence-electron chi connectivity index (χ3n) is 4.10. The number of ether oxygens (including phenoxy) is 1. The Morgan fingerprint density at radius 1 is 1.23 bits per heavy atom. The van der Waals surface area contributed by atoms with E-state index in [0.29, 0.717) is 12.2 Å². The summed E-state index contributed by atoms with van der Waals surface area (Å²) in [5, 5.41) is 7.64. The van der Waals surface area contributed by atoms with Crippen molar-refractivity contribution in [3.8, 4) is 11.4 Å². The van der Waals surface area contributed by atoms with E-state index < -0.39 is 0 Å². The average Bonchev–Trinajstić information content (AvgIpc) is 2.84. The molecule has 1 aromatic heterocycles. The van der Waals surface area contributed by atoms with Gasteiger partial charge in [-0.2, -0.15) is 0 Å². The molecule has 0 amide bonds. The van der Waals surface area contributed by atoms with Gasteiger partial charge in [0.25, 0.3) is 0 Å². The first-order chi connectivity index (χ1) is 10.4. The van der Waals surface area contributed by atoms with Crippen molar-refractivity contribution >= 4 is 11.6 Å². The van der Waals surface area contributed by atoms with Gasteiger partial charge >= 0.3 is 0 Å². The summed E-state index contributed by atoms with van der Waals surface area (Å²) in [4.78, 5) is 12.5. The van der Waals surface area contributed by atoms with Crippen LogP contribution in [0.4, 0.5) is 5.82 Å². The van der Waals surface area contributed by atoms with Crippen molar-refractivity contribution in [1.82, 2.24) is 9.78 Å². The number of anilines is 1. The topological polar surface area (TPSA) is 56.1 Å². The Morgan fingerprint density at radius 3 is 2.50 bits per heavy atom. The molecule has 0 fully saturated rings. The van der Waals surface area contributed by atoms with E-state index in [1.807, 2.05) is 28.9 Å². The Bertz CT molecular complexity index is 714. The van der Waals surface area contributed by atoms with Crippen LogP contribution in [0, 0.1) is 5.41 Å². The van der Waals surface area contributed by atoms with Crippen molar-refractivity contribution in [2.45, 2.75) is 26.7 Å². The lowest BCUT2D eigenvalue weighted by Crippen LogP contribution is -2.28. The number of hydrogen-bond donors (Lipinski definition) is 1. The van der Waals surface area contributed by atoms with Gasteiger partial charge in [-0.25, -0.2) is 4.68 Å². The highest BCUT2D eigenvalue weighted by atomic mass is 16.5. The molecule has 2 aromatic rings. The summed E-state index contributed by atoms with van der Waals surface area (Å²) in [5.41, 5.74) is 2.61. The number of benzene rings is 1. The molecular weight excluding hydrogens is 278 g/mol. The molecule has 0 unspecified atom stereocenters. The van der Waals surface area contributed by atoms with Crippen molar-refractivity contribution < 1.29 is 9.53 Å². The molecule has 0 radical (unpaired) electrons. The maximum atomic E-state index is 12.5. The fraction of sp³-hybridized carbons (Fsp3) is 0.412. The normalized spacial score (nSPS) is 16.3. The maximum Gasteiger partial charge on any atom is 0.169 e. The van der Waals surface area contributed by atoms with E-state index in [0.717, 1.165) is 29.1 Å². The highest BCUT2D eigenvalue weighted by molar-refractivity contribution is 6.03. The Labute approximate surface area is 130 Å². The van der Waals surface area contributed by atoms with E-state index in [-0.39, 0.29) is 11.2 Å². The zero-order chi connectivity index (χ0) is 15.9. The second-order valence-corrected chi connectivity index (χ2v) is 6.47. The molecule has 116 valence electrons. The predicted octanol–water partition coefficient (Wildman–Crippen LogP) is 3.08. The second-order valence-electron chi connectivity index (χ2n) is 6.47. The molecule has 1 aliphatic carbocycles. The first kappa shape index (κ1) is 14.6. The Hall–Kier alpha value is -2.30. The van der Waals surface area contributed by atoms with Crippen LogP contribution >= 0.6 is 0 Å². The lowest BCUT2D eigenvalue weighted by Gasteiger charge is -2.29. The lowest BCUT2D eigenvalue weighted by molar-refractivity contribution is 0.0912. The number of aromatic nitrogens is 2. The molecule has 1 heterocycles. The minimum absolute atomic E-state index is 0.0423. The van der Waals surface area contributed by atoms with E-state index in [2.05, 4.69) is 24.3 Å². The minimum Gasteiger partial charge on any atom is -0.497 e. The van der Waals surface area contributed by atoms with Gasteiger partial charge in [-0.1, -0.05) is 13.8 Å². The van der Waals surface area contributed by atoms with Gasteiger partial charge in [0.15, 0.2) is 11.6 Å². The average molecular weight is 299 g/mol. The lowest BCUT2D eigenvalue weighted by atomic mass is 9.76. The number of nitrogens with zero attached hydrogens (tertiary/aromatic N) is 2. The third kappa shape index (κ3) is 2.36. The summed E-state index contributed by atoms with van der Waals surface area (Å²) in [6, 6.07) is 7.71. The number of Topliss-reactive ketones (excluding diaryl/α,β-unsaturated/α-hetero) is 1. The number of carbonyl (C=O) groups excluding carboxylic acids is 1. The number of ketones is 1. The summed E-state index contributed by atoms with van der Waals surface area (Å²) < 4.78 is 7.07. The van der Waals surface area contributed by atoms with E-state index in [4.69, 9.17) is 4.74 Å². The molecule has 1 aliphatic rings. The van der Waals surface area contributed by atoms with E-state index >= 15 is 0 Å². The molecule has 0 aliphatic heterocycles. The van der Waals surface area contributed by atoms with E-state index in [1.54, 1.807) is 14.2 Å². The van der Waals surface area contributed by atoms with Gasteiger partial charge in [0, 0.05) is 13.5 Å². The highest BCUT2D eigenvalue weighted by Crippen LogP contribution is 2.38. The van der Waals surface area contributed by atoms with Crippen LogP contribution < -0.4 is 10.1 Å². The van der Waals surface area contributed by atoms with Crippen molar-refractivity contribution in [2.75, 3.05) is 19.5 Å². The Kier molecular flexibility index (Phi) is 3.43. The highest BCUT2D eigenvalue weighted by Gasteiger charge is 2.36. The molecule has 0 saturated heterocycles. The number of hydrogen-bond acceptors (Lipinski definition) is 4. The Balaban J connectivity index is 2.14. The number of carbonyl (C=O) groups is 1. The summed E-state index contributed by atoms with van der Waals surface area (Å²) in [7, 11) is 3.44. The van der Waals surface area contributed by atoms with Gasteiger partial charge in [0.05, 0.1) is 24.1 Å². The molecule has 5 nitrogen and oxygen atoms in total. The molecule has 0 bridgehead atoms. The van der Waals surface area contributed by atoms with Crippen LogP contribution in [0.15, 0.2) is 24.3 Å². The number of rotatable bonds is 3. The van der Waals surface area contributed by atoms with Crippen molar-refractivity contribution in [3.63, 3.8) is 0 Å². The van der Waals surface area contributed by atoms with Crippen molar-refractivity contribution in [1.29, 1.82) is 0 Å². The Morgan fingerprint density at radius 2 is 1.91 bits per heavy atom. The van der Waals surface area contributed by atoms with E-state index in [9.17, 15) is 4.79 Å².